The molecule has 2 aromatic rings. The lowest BCUT2D eigenvalue weighted by molar-refractivity contribution is -0.401. The van der Waals surface area contributed by atoms with Crippen LogP contribution in [0.3, 0.4) is 0 Å². The van der Waals surface area contributed by atoms with Gasteiger partial charge in [-0.25, -0.2) is 0 Å². The molecule has 1 aromatic carbocycles. The van der Waals surface area contributed by atoms with Gasteiger partial charge in [0.1, 0.15) is 7.05 Å². The van der Waals surface area contributed by atoms with Gasteiger partial charge in [-0.3, -0.25) is 0 Å². The molecule has 1 unspecified atom stereocenters. The molecule has 0 saturated heterocycles. The number of thiophene rings is 1. The van der Waals surface area contributed by atoms with E-state index >= 15 is 0 Å². The molecular weight excluding hydrogens is 343 g/mol. The molecule has 130 valence electrons. The minimum atomic E-state index is -4.35. The van der Waals surface area contributed by atoms with Crippen LogP contribution in [0.15, 0.2) is 54.4 Å². The van der Waals surface area contributed by atoms with Crippen LogP contribution in [0.25, 0.3) is 6.08 Å². The summed E-state index contributed by atoms with van der Waals surface area (Å²) in [4.78, 5) is 1.11. The lowest BCUT2D eigenvalue weighted by Gasteiger charge is -2.21. The molecule has 1 atom stereocenters. The van der Waals surface area contributed by atoms with Crippen LogP contribution in [0.2, 0.25) is 0 Å². The van der Waals surface area contributed by atoms with Crippen molar-refractivity contribution in [2.45, 2.75) is 24.9 Å². The minimum Gasteiger partial charge on any atom is -0.198 e. The van der Waals surface area contributed by atoms with E-state index < -0.39 is 17.2 Å². The third-order valence-corrected chi connectivity index (χ3v) is 5.55. The Kier molecular flexibility index (Phi) is 4.45. The Balaban J connectivity index is 2.12. The predicted octanol–water partition coefficient (Wildman–Crippen LogP) is 6.04. The van der Waals surface area contributed by atoms with E-state index in [1.165, 1.54) is 6.07 Å². The molecule has 3 rings (SSSR count). The molecule has 0 bridgehead atoms. The molecule has 0 radical (unpaired) electrons. The van der Waals surface area contributed by atoms with Crippen molar-refractivity contribution in [2.24, 2.45) is 0 Å². The summed E-state index contributed by atoms with van der Waals surface area (Å²) >= 11 is 1.62. The molecular formula is C20H19F3NS+. The van der Waals surface area contributed by atoms with Crippen molar-refractivity contribution in [1.82, 2.24) is 0 Å². The van der Waals surface area contributed by atoms with Crippen LogP contribution in [-0.2, 0) is 11.6 Å². The average molecular weight is 362 g/mol. The highest BCUT2D eigenvalue weighted by molar-refractivity contribution is 7.10. The van der Waals surface area contributed by atoms with Crippen LogP contribution < -0.4 is 0 Å². The Morgan fingerprint density at radius 3 is 2.60 bits per heavy atom. The number of hydrogen-bond acceptors (Lipinski definition) is 1. The van der Waals surface area contributed by atoms with Gasteiger partial charge >= 0.3 is 6.18 Å². The van der Waals surface area contributed by atoms with Crippen molar-refractivity contribution < 1.29 is 17.7 Å². The fourth-order valence-electron chi connectivity index (χ4n) is 3.43. The van der Waals surface area contributed by atoms with Gasteiger partial charge in [0.05, 0.1) is 11.0 Å². The molecule has 25 heavy (non-hydrogen) atoms. The van der Waals surface area contributed by atoms with Crippen LogP contribution >= 0.6 is 11.3 Å². The third kappa shape index (κ3) is 3.09. The number of nitrogens with zero attached hydrogens (tertiary/aromatic N) is 1. The van der Waals surface area contributed by atoms with Crippen LogP contribution in [0.4, 0.5) is 18.9 Å². The third-order valence-electron chi connectivity index (χ3n) is 4.71. The van der Waals surface area contributed by atoms with E-state index in [1.807, 2.05) is 48.2 Å². The second-order valence-corrected chi connectivity index (χ2v) is 7.33. The molecule has 2 heterocycles. The smallest absolute Gasteiger partial charge is 0.198 e. The Bertz CT molecular complexity index is 860. The van der Waals surface area contributed by atoms with E-state index in [0.29, 0.717) is 12.0 Å². The molecule has 0 amide bonds. The number of fused-ring (bicyclic) bond motifs is 1. The standard InChI is InChI=1S/C20H19F3NS/c1-4-11-19(2)16-13-14(20(21,22)23)7-9-17(16)24(3)18(19)10-8-15-6-5-12-25-15/h4-10,12-13H,1,11H2,2-3H3/q+1/b10-8+. The Morgan fingerprint density at radius 1 is 1.24 bits per heavy atom. The molecule has 5 heteroatoms. The average Bonchev–Trinajstić information content (AvgIpc) is 3.12. The first kappa shape index (κ1) is 17.7. The van der Waals surface area contributed by atoms with E-state index in [0.717, 1.165) is 22.3 Å². The summed E-state index contributed by atoms with van der Waals surface area (Å²) < 4.78 is 41.5. The zero-order valence-corrected chi connectivity index (χ0v) is 14.9. The molecule has 1 aliphatic heterocycles. The van der Waals surface area contributed by atoms with E-state index in [9.17, 15) is 13.2 Å². The van der Waals surface area contributed by atoms with Crippen LogP contribution in [0.5, 0.6) is 0 Å². The highest BCUT2D eigenvalue weighted by Gasteiger charge is 2.47. The second kappa shape index (κ2) is 6.30. The van der Waals surface area contributed by atoms with E-state index in [-0.39, 0.29) is 0 Å². The van der Waals surface area contributed by atoms with E-state index in [2.05, 4.69) is 6.58 Å². The van der Waals surface area contributed by atoms with Gasteiger partial charge in [-0.15, -0.1) is 17.9 Å². The summed E-state index contributed by atoms with van der Waals surface area (Å²) in [5.74, 6) is 0. The predicted molar refractivity (Wildman–Crippen MR) is 97.8 cm³/mol. The number of hydrogen-bond donors (Lipinski definition) is 0. The van der Waals surface area contributed by atoms with Crippen molar-refractivity contribution in [1.29, 1.82) is 0 Å². The molecule has 0 fully saturated rings. The fraction of sp³-hybridized carbons (Fsp3) is 0.250. The van der Waals surface area contributed by atoms with Crippen molar-refractivity contribution in [2.75, 3.05) is 7.05 Å². The monoisotopic (exact) mass is 362 g/mol. The van der Waals surface area contributed by atoms with E-state index in [1.54, 1.807) is 23.5 Å². The number of allylic oxidation sites excluding steroid dienone is 2. The van der Waals surface area contributed by atoms with Gasteiger partial charge in [0, 0.05) is 22.6 Å². The first-order chi connectivity index (χ1) is 11.8. The van der Waals surface area contributed by atoms with Gasteiger partial charge in [-0.1, -0.05) is 12.1 Å². The maximum atomic E-state index is 13.2. The number of halogens is 3. The molecule has 1 aliphatic rings. The molecule has 1 nitrogen and oxygen atoms in total. The van der Waals surface area contributed by atoms with Gasteiger partial charge in [0.2, 0.25) is 5.69 Å². The van der Waals surface area contributed by atoms with Crippen molar-refractivity contribution in [3.63, 3.8) is 0 Å². The highest BCUT2D eigenvalue weighted by atomic mass is 32.1. The number of benzene rings is 1. The summed E-state index contributed by atoms with van der Waals surface area (Å²) in [5, 5.41) is 2.00. The normalized spacial score (nSPS) is 20.4. The van der Waals surface area contributed by atoms with Gasteiger partial charge < -0.3 is 0 Å². The lowest BCUT2D eigenvalue weighted by atomic mass is 9.76. The summed E-state index contributed by atoms with van der Waals surface area (Å²) in [5.41, 5.74) is 1.31. The SMILES string of the molecule is C=CCC1(C)C(/C=C/c2cccs2)=[N+](C)c2ccc(C(F)(F)F)cc21. The zero-order valence-electron chi connectivity index (χ0n) is 14.1. The summed E-state index contributed by atoms with van der Waals surface area (Å²) in [6.45, 7) is 5.78. The Labute approximate surface area is 149 Å². The van der Waals surface area contributed by atoms with Gasteiger partial charge in [0.15, 0.2) is 5.71 Å². The molecule has 0 saturated carbocycles. The minimum absolute atomic E-state index is 0.541. The molecule has 0 aliphatic carbocycles. The number of rotatable bonds is 4. The topological polar surface area (TPSA) is 3.01 Å². The Morgan fingerprint density at radius 2 is 2.00 bits per heavy atom. The van der Waals surface area contributed by atoms with Crippen molar-refractivity contribution >= 4 is 28.8 Å². The maximum Gasteiger partial charge on any atom is 0.416 e. The highest BCUT2D eigenvalue weighted by Crippen LogP contribution is 2.44. The van der Waals surface area contributed by atoms with Crippen LogP contribution in [-0.4, -0.2) is 17.3 Å². The van der Waals surface area contributed by atoms with Gasteiger partial charge in [-0.2, -0.15) is 17.7 Å². The van der Waals surface area contributed by atoms with Crippen molar-refractivity contribution in [3.8, 4) is 0 Å². The molecule has 0 spiro atoms. The second-order valence-electron chi connectivity index (χ2n) is 6.35. The van der Waals surface area contributed by atoms with Gasteiger partial charge in [-0.05, 0) is 43.0 Å². The largest absolute Gasteiger partial charge is 0.416 e. The summed E-state index contributed by atoms with van der Waals surface area (Å²) in [7, 11) is 1.90. The summed E-state index contributed by atoms with van der Waals surface area (Å²) in [6.07, 6.45) is 1.99. The van der Waals surface area contributed by atoms with Crippen LogP contribution in [0, 0.1) is 0 Å². The number of alkyl halides is 3. The quantitative estimate of drug-likeness (QED) is 0.461. The van der Waals surface area contributed by atoms with Gasteiger partial charge in [0.25, 0.3) is 0 Å². The van der Waals surface area contributed by atoms with E-state index in [4.69, 9.17) is 0 Å². The zero-order chi connectivity index (χ0) is 18.2. The molecule has 1 aromatic heterocycles. The maximum absolute atomic E-state index is 13.2. The fourth-order valence-corrected chi connectivity index (χ4v) is 4.05. The lowest BCUT2D eigenvalue weighted by Crippen LogP contribution is -2.30. The Hall–Kier alpha value is -2.14. The van der Waals surface area contributed by atoms with Crippen LogP contribution in [0.1, 0.15) is 29.3 Å². The molecule has 0 N–H and O–H groups in total. The summed E-state index contributed by atoms with van der Waals surface area (Å²) in [6, 6.07) is 7.97. The first-order valence-corrected chi connectivity index (χ1v) is 8.80. The first-order valence-electron chi connectivity index (χ1n) is 7.93. The van der Waals surface area contributed by atoms with Crippen molar-refractivity contribution in [3.05, 3.63) is 70.4 Å².